The molecule has 1 unspecified atom stereocenters. The van der Waals surface area contributed by atoms with Crippen LogP contribution in [0, 0.1) is 6.92 Å². The van der Waals surface area contributed by atoms with E-state index in [9.17, 15) is 0 Å². The number of rotatable bonds is 6. The third-order valence-electron chi connectivity index (χ3n) is 3.55. The Hall–Kier alpha value is -0.840. The minimum atomic E-state index is 0.0630. The third kappa shape index (κ3) is 3.68. The van der Waals surface area contributed by atoms with E-state index < -0.39 is 0 Å². The van der Waals surface area contributed by atoms with Crippen LogP contribution in [0.3, 0.4) is 0 Å². The fourth-order valence-electron chi connectivity index (χ4n) is 2.52. The molecule has 3 nitrogen and oxygen atoms in total. The van der Waals surface area contributed by atoms with Crippen molar-refractivity contribution in [3.63, 3.8) is 0 Å². The van der Waals surface area contributed by atoms with E-state index in [1.165, 1.54) is 11.1 Å². The number of aryl methyl sites for hydroxylation is 2. The smallest absolute Gasteiger partial charge is 0.0837 e. The van der Waals surface area contributed by atoms with Crippen molar-refractivity contribution in [1.29, 1.82) is 0 Å². The second kappa shape index (κ2) is 7.43. The van der Waals surface area contributed by atoms with Gasteiger partial charge in [-0.3, -0.25) is 4.68 Å². The standard InChI is InChI=1S/C16H21BrClN3/c1-4-8-19-15(13-7-6-12(17)9-11(13)3)16-14(18)10-20-21(16)5-2/h6-7,9-10,15,19H,4-5,8H2,1-3H3. The topological polar surface area (TPSA) is 29.9 Å². The zero-order valence-corrected chi connectivity index (χ0v) is 15.0. The van der Waals surface area contributed by atoms with Crippen LogP contribution in [0.5, 0.6) is 0 Å². The van der Waals surface area contributed by atoms with E-state index in [0.717, 1.165) is 29.7 Å². The van der Waals surface area contributed by atoms with Crippen LogP contribution in [0.2, 0.25) is 5.02 Å². The average molecular weight is 371 g/mol. The molecule has 1 heterocycles. The first-order valence-corrected chi connectivity index (χ1v) is 8.46. The Morgan fingerprint density at radius 2 is 2.14 bits per heavy atom. The second-order valence-electron chi connectivity index (χ2n) is 5.08. The first-order valence-electron chi connectivity index (χ1n) is 7.29. The lowest BCUT2D eigenvalue weighted by Crippen LogP contribution is -2.26. The summed E-state index contributed by atoms with van der Waals surface area (Å²) in [4.78, 5) is 0. The van der Waals surface area contributed by atoms with Crippen molar-refractivity contribution < 1.29 is 0 Å². The number of halogens is 2. The second-order valence-corrected chi connectivity index (χ2v) is 6.40. The van der Waals surface area contributed by atoms with Gasteiger partial charge in [0.1, 0.15) is 0 Å². The maximum atomic E-state index is 6.40. The highest BCUT2D eigenvalue weighted by Gasteiger charge is 2.22. The van der Waals surface area contributed by atoms with Crippen molar-refractivity contribution >= 4 is 27.5 Å². The summed E-state index contributed by atoms with van der Waals surface area (Å²) in [6.07, 6.45) is 2.80. The minimum absolute atomic E-state index is 0.0630. The maximum absolute atomic E-state index is 6.40. The summed E-state index contributed by atoms with van der Waals surface area (Å²) in [6.45, 7) is 8.12. The highest BCUT2D eigenvalue weighted by molar-refractivity contribution is 9.10. The summed E-state index contributed by atoms with van der Waals surface area (Å²) in [5.41, 5.74) is 3.51. The van der Waals surface area contributed by atoms with Gasteiger partial charge in [0, 0.05) is 11.0 Å². The molecular formula is C16H21BrClN3. The molecule has 0 bridgehead atoms. The lowest BCUT2D eigenvalue weighted by atomic mass is 9.98. The summed E-state index contributed by atoms with van der Waals surface area (Å²) in [5, 5.41) is 8.69. The van der Waals surface area contributed by atoms with Gasteiger partial charge in [0.2, 0.25) is 0 Å². The maximum Gasteiger partial charge on any atom is 0.0837 e. The van der Waals surface area contributed by atoms with Crippen LogP contribution >= 0.6 is 27.5 Å². The van der Waals surface area contributed by atoms with Gasteiger partial charge in [-0.2, -0.15) is 5.10 Å². The van der Waals surface area contributed by atoms with Crippen molar-refractivity contribution in [2.45, 2.75) is 39.8 Å². The third-order valence-corrected chi connectivity index (χ3v) is 4.33. The number of benzene rings is 1. The predicted molar refractivity (Wildman–Crippen MR) is 91.9 cm³/mol. The molecular weight excluding hydrogens is 350 g/mol. The molecule has 0 radical (unpaired) electrons. The zero-order valence-electron chi connectivity index (χ0n) is 12.7. The van der Waals surface area contributed by atoms with E-state index in [2.05, 4.69) is 65.3 Å². The molecule has 5 heteroatoms. The van der Waals surface area contributed by atoms with E-state index in [1.54, 1.807) is 6.20 Å². The molecule has 2 rings (SSSR count). The summed E-state index contributed by atoms with van der Waals surface area (Å²) < 4.78 is 3.06. The molecule has 0 saturated heterocycles. The van der Waals surface area contributed by atoms with Crippen LogP contribution < -0.4 is 5.32 Å². The molecule has 21 heavy (non-hydrogen) atoms. The van der Waals surface area contributed by atoms with Crippen LogP contribution in [-0.2, 0) is 6.54 Å². The van der Waals surface area contributed by atoms with Gasteiger partial charge in [0.15, 0.2) is 0 Å². The molecule has 1 N–H and O–H groups in total. The van der Waals surface area contributed by atoms with Crippen molar-refractivity contribution in [3.8, 4) is 0 Å². The largest absolute Gasteiger partial charge is 0.305 e. The molecule has 1 atom stereocenters. The highest BCUT2D eigenvalue weighted by atomic mass is 79.9. The van der Waals surface area contributed by atoms with E-state index in [0.29, 0.717) is 5.02 Å². The normalized spacial score (nSPS) is 12.6. The van der Waals surface area contributed by atoms with Gasteiger partial charge in [-0.15, -0.1) is 0 Å². The Balaban J connectivity index is 2.49. The fraction of sp³-hybridized carbons (Fsp3) is 0.438. The number of aromatic nitrogens is 2. The molecule has 0 fully saturated rings. The van der Waals surface area contributed by atoms with Crippen molar-refractivity contribution in [2.75, 3.05) is 6.54 Å². The molecule has 0 saturated carbocycles. The Kier molecular flexibility index (Phi) is 5.85. The highest BCUT2D eigenvalue weighted by Crippen LogP contribution is 2.31. The average Bonchev–Trinajstić information content (AvgIpc) is 2.82. The summed E-state index contributed by atoms with van der Waals surface area (Å²) in [5.74, 6) is 0. The van der Waals surface area contributed by atoms with Crippen molar-refractivity contribution in [3.05, 3.63) is 50.7 Å². The lowest BCUT2D eigenvalue weighted by Gasteiger charge is -2.22. The van der Waals surface area contributed by atoms with Crippen LogP contribution in [0.1, 0.15) is 43.1 Å². The predicted octanol–water partition coefficient (Wildman–Crippen LogP) is 4.72. The van der Waals surface area contributed by atoms with Crippen molar-refractivity contribution in [2.24, 2.45) is 0 Å². The van der Waals surface area contributed by atoms with E-state index in [1.807, 2.05) is 4.68 Å². The molecule has 0 aliphatic rings. The number of nitrogens with one attached hydrogen (secondary N) is 1. The first kappa shape index (κ1) is 16.5. The molecule has 0 aliphatic heterocycles. The molecule has 1 aromatic carbocycles. The van der Waals surface area contributed by atoms with E-state index >= 15 is 0 Å². The molecule has 114 valence electrons. The number of nitrogens with zero attached hydrogens (tertiary/aromatic N) is 2. The van der Waals surface area contributed by atoms with Gasteiger partial charge in [-0.05, 0) is 50.1 Å². The summed E-state index contributed by atoms with van der Waals surface area (Å²) in [6, 6.07) is 6.42. The lowest BCUT2D eigenvalue weighted by molar-refractivity contribution is 0.528. The zero-order chi connectivity index (χ0) is 15.4. The van der Waals surface area contributed by atoms with Crippen LogP contribution in [-0.4, -0.2) is 16.3 Å². The van der Waals surface area contributed by atoms with Crippen LogP contribution in [0.15, 0.2) is 28.9 Å². The Labute approximate surface area is 139 Å². The molecule has 0 amide bonds. The van der Waals surface area contributed by atoms with Gasteiger partial charge in [-0.1, -0.05) is 40.5 Å². The molecule has 0 spiro atoms. The number of hydrogen-bond acceptors (Lipinski definition) is 2. The SMILES string of the molecule is CCCNC(c1ccc(Br)cc1C)c1c(Cl)cnn1CC. The number of hydrogen-bond donors (Lipinski definition) is 1. The molecule has 0 aliphatic carbocycles. The fourth-order valence-corrected chi connectivity index (χ4v) is 3.24. The van der Waals surface area contributed by atoms with Gasteiger partial charge in [-0.25, -0.2) is 0 Å². The summed E-state index contributed by atoms with van der Waals surface area (Å²) >= 11 is 9.92. The summed E-state index contributed by atoms with van der Waals surface area (Å²) in [7, 11) is 0. The van der Waals surface area contributed by atoms with Gasteiger partial charge >= 0.3 is 0 Å². The Morgan fingerprint density at radius 3 is 2.76 bits per heavy atom. The van der Waals surface area contributed by atoms with Gasteiger partial charge in [0.25, 0.3) is 0 Å². The van der Waals surface area contributed by atoms with Crippen molar-refractivity contribution in [1.82, 2.24) is 15.1 Å². The van der Waals surface area contributed by atoms with Crippen LogP contribution in [0.4, 0.5) is 0 Å². The minimum Gasteiger partial charge on any atom is -0.305 e. The van der Waals surface area contributed by atoms with Gasteiger partial charge in [0.05, 0.1) is 23.0 Å². The Bertz CT molecular complexity index is 610. The molecule has 1 aromatic heterocycles. The van der Waals surface area contributed by atoms with E-state index in [4.69, 9.17) is 11.6 Å². The Morgan fingerprint density at radius 1 is 1.38 bits per heavy atom. The quantitative estimate of drug-likeness (QED) is 0.797. The monoisotopic (exact) mass is 369 g/mol. The first-order chi connectivity index (χ1) is 10.1. The molecule has 2 aromatic rings. The van der Waals surface area contributed by atoms with Crippen LogP contribution in [0.25, 0.3) is 0 Å². The van der Waals surface area contributed by atoms with Gasteiger partial charge < -0.3 is 5.32 Å². The van der Waals surface area contributed by atoms with E-state index in [-0.39, 0.29) is 6.04 Å².